The van der Waals surface area contributed by atoms with Gasteiger partial charge in [-0.25, -0.2) is 0 Å². The standard InChI is InChI=1S/C19H21N5O2S2/c1-23(2)18(26)14-7-5-13(6-8-14)12-28-19-22-21-17(15-4-3-11-27-15)24(19)10-9-16(20)25/h3-8,11H,9-10,12H2,1-2H3,(H2,20,25). The summed E-state index contributed by atoms with van der Waals surface area (Å²) < 4.78 is 1.94. The Kier molecular flexibility index (Phi) is 6.48. The third kappa shape index (κ3) is 4.79. The van der Waals surface area contributed by atoms with Gasteiger partial charge in [-0.15, -0.1) is 21.5 Å². The topological polar surface area (TPSA) is 94.1 Å². The van der Waals surface area contributed by atoms with Crippen molar-refractivity contribution < 1.29 is 9.59 Å². The average molecular weight is 416 g/mol. The normalized spacial score (nSPS) is 10.8. The lowest BCUT2D eigenvalue weighted by Gasteiger charge is -2.11. The summed E-state index contributed by atoms with van der Waals surface area (Å²) in [6, 6.07) is 11.5. The Balaban J connectivity index is 1.75. The Bertz CT molecular complexity index is 949. The van der Waals surface area contributed by atoms with Crippen LogP contribution in [0.2, 0.25) is 0 Å². The fraction of sp³-hybridized carbons (Fsp3) is 0.263. The molecule has 0 aliphatic rings. The minimum Gasteiger partial charge on any atom is -0.370 e. The van der Waals surface area contributed by atoms with Crippen molar-refractivity contribution in [2.45, 2.75) is 23.9 Å². The smallest absolute Gasteiger partial charge is 0.253 e. The van der Waals surface area contributed by atoms with E-state index in [2.05, 4.69) is 10.2 Å². The highest BCUT2D eigenvalue weighted by atomic mass is 32.2. The fourth-order valence-corrected chi connectivity index (χ4v) is 4.19. The lowest BCUT2D eigenvalue weighted by atomic mass is 10.1. The van der Waals surface area contributed by atoms with Crippen LogP contribution in [0.1, 0.15) is 22.3 Å². The second-order valence-electron chi connectivity index (χ2n) is 6.34. The van der Waals surface area contributed by atoms with Crippen molar-refractivity contribution >= 4 is 34.9 Å². The maximum absolute atomic E-state index is 12.0. The number of aromatic nitrogens is 3. The molecule has 0 saturated heterocycles. The van der Waals surface area contributed by atoms with Gasteiger partial charge in [0.15, 0.2) is 11.0 Å². The molecule has 0 radical (unpaired) electrons. The summed E-state index contributed by atoms with van der Waals surface area (Å²) in [6.07, 6.45) is 0.227. The van der Waals surface area contributed by atoms with E-state index in [9.17, 15) is 9.59 Å². The van der Waals surface area contributed by atoms with Gasteiger partial charge in [0.25, 0.3) is 5.91 Å². The number of benzene rings is 1. The molecule has 3 rings (SSSR count). The largest absolute Gasteiger partial charge is 0.370 e. The molecule has 0 unspecified atom stereocenters. The second kappa shape index (κ2) is 9.03. The van der Waals surface area contributed by atoms with E-state index in [4.69, 9.17) is 5.73 Å². The summed E-state index contributed by atoms with van der Waals surface area (Å²) >= 11 is 3.11. The highest BCUT2D eigenvalue weighted by molar-refractivity contribution is 7.98. The van der Waals surface area contributed by atoms with Crippen LogP contribution in [0.5, 0.6) is 0 Å². The minimum absolute atomic E-state index is 0.0222. The first-order valence-electron chi connectivity index (χ1n) is 8.64. The molecular weight excluding hydrogens is 394 g/mol. The van der Waals surface area contributed by atoms with Crippen LogP contribution in [-0.2, 0) is 17.1 Å². The molecule has 0 saturated carbocycles. The summed E-state index contributed by atoms with van der Waals surface area (Å²) in [5.41, 5.74) is 7.05. The van der Waals surface area contributed by atoms with Crippen LogP contribution in [0.25, 0.3) is 10.7 Å². The lowest BCUT2D eigenvalue weighted by molar-refractivity contribution is -0.118. The number of amides is 2. The predicted octanol–water partition coefficient (Wildman–Crippen LogP) is 2.88. The number of thiophene rings is 1. The Morgan fingerprint density at radius 1 is 1.18 bits per heavy atom. The van der Waals surface area contributed by atoms with Gasteiger partial charge in [-0.3, -0.25) is 9.59 Å². The molecule has 2 amide bonds. The summed E-state index contributed by atoms with van der Waals surface area (Å²) in [5, 5.41) is 11.3. The number of thioether (sulfide) groups is 1. The van der Waals surface area contributed by atoms with Crippen LogP contribution < -0.4 is 5.73 Å². The number of carbonyl (C=O) groups is 2. The van der Waals surface area contributed by atoms with E-state index in [0.29, 0.717) is 17.9 Å². The zero-order valence-electron chi connectivity index (χ0n) is 15.7. The van der Waals surface area contributed by atoms with Crippen LogP contribution in [0.3, 0.4) is 0 Å². The number of nitrogens with zero attached hydrogens (tertiary/aromatic N) is 4. The van der Waals surface area contributed by atoms with Crippen molar-refractivity contribution in [1.82, 2.24) is 19.7 Å². The number of carbonyl (C=O) groups excluding carboxylic acids is 2. The number of hydrogen-bond donors (Lipinski definition) is 1. The zero-order chi connectivity index (χ0) is 20.1. The van der Waals surface area contributed by atoms with Crippen molar-refractivity contribution in [3.8, 4) is 10.7 Å². The van der Waals surface area contributed by atoms with E-state index in [-0.39, 0.29) is 18.2 Å². The van der Waals surface area contributed by atoms with Crippen LogP contribution in [0.4, 0.5) is 0 Å². The molecule has 28 heavy (non-hydrogen) atoms. The molecule has 0 spiro atoms. The number of rotatable bonds is 8. The first-order chi connectivity index (χ1) is 13.5. The van der Waals surface area contributed by atoms with Crippen molar-refractivity contribution in [1.29, 1.82) is 0 Å². The van der Waals surface area contributed by atoms with Gasteiger partial charge in [-0.05, 0) is 29.1 Å². The molecular formula is C19H21N5O2S2. The van der Waals surface area contributed by atoms with Gasteiger partial charge in [-0.2, -0.15) is 0 Å². The SMILES string of the molecule is CN(C)C(=O)c1ccc(CSc2nnc(-c3cccs3)n2CCC(N)=O)cc1. The van der Waals surface area contributed by atoms with Crippen LogP contribution in [-0.4, -0.2) is 45.6 Å². The van der Waals surface area contributed by atoms with Gasteiger partial charge in [0.2, 0.25) is 5.91 Å². The van der Waals surface area contributed by atoms with Crippen LogP contribution >= 0.6 is 23.1 Å². The summed E-state index contributed by atoms with van der Waals surface area (Å²) in [6.45, 7) is 0.439. The first kappa shape index (κ1) is 20.1. The summed E-state index contributed by atoms with van der Waals surface area (Å²) in [4.78, 5) is 25.8. The highest BCUT2D eigenvalue weighted by Crippen LogP contribution is 2.29. The van der Waals surface area contributed by atoms with Crippen molar-refractivity contribution in [3.05, 3.63) is 52.9 Å². The summed E-state index contributed by atoms with van der Waals surface area (Å²) in [7, 11) is 3.46. The van der Waals surface area contributed by atoms with Crippen molar-refractivity contribution in [3.63, 3.8) is 0 Å². The predicted molar refractivity (Wildman–Crippen MR) is 111 cm³/mol. The Labute approximate surface area is 171 Å². The van der Waals surface area contributed by atoms with Crippen LogP contribution in [0, 0.1) is 0 Å². The Morgan fingerprint density at radius 2 is 1.93 bits per heavy atom. The number of primary amides is 1. The van der Waals surface area contributed by atoms with Gasteiger partial charge in [0.1, 0.15) is 0 Å². The Morgan fingerprint density at radius 3 is 2.54 bits per heavy atom. The van der Waals surface area contributed by atoms with Crippen molar-refractivity contribution in [2.24, 2.45) is 5.73 Å². The quantitative estimate of drug-likeness (QED) is 0.571. The average Bonchev–Trinajstić information content (AvgIpc) is 3.33. The summed E-state index contributed by atoms with van der Waals surface area (Å²) in [5.74, 6) is 1.04. The van der Waals surface area contributed by atoms with Gasteiger partial charge >= 0.3 is 0 Å². The molecule has 7 nitrogen and oxygen atoms in total. The lowest BCUT2D eigenvalue weighted by Crippen LogP contribution is -2.21. The van der Waals surface area contributed by atoms with E-state index in [1.54, 1.807) is 30.3 Å². The third-order valence-electron chi connectivity index (χ3n) is 4.02. The molecule has 2 N–H and O–H groups in total. The van der Waals surface area contributed by atoms with E-state index < -0.39 is 0 Å². The highest BCUT2D eigenvalue weighted by Gasteiger charge is 2.16. The molecule has 2 aromatic heterocycles. The van der Waals surface area contributed by atoms with Gasteiger partial charge in [0, 0.05) is 38.4 Å². The Hall–Kier alpha value is -2.65. The molecule has 0 aliphatic heterocycles. The maximum Gasteiger partial charge on any atom is 0.253 e. The molecule has 0 fully saturated rings. The number of hydrogen-bond acceptors (Lipinski definition) is 6. The molecule has 9 heteroatoms. The molecule has 0 bridgehead atoms. The molecule has 2 heterocycles. The van der Waals surface area contributed by atoms with E-state index >= 15 is 0 Å². The van der Waals surface area contributed by atoms with E-state index in [1.807, 2.05) is 46.3 Å². The molecule has 0 atom stereocenters. The minimum atomic E-state index is -0.358. The van der Waals surface area contributed by atoms with E-state index in [0.717, 1.165) is 21.4 Å². The van der Waals surface area contributed by atoms with E-state index in [1.165, 1.54) is 11.8 Å². The third-order valence-corrected chi connectivity index (χ3v) is 5.92. The van der Waals surface area contributed by atoms with Gasteiger partial charge in [0.05, 0.1) is 4.88 Å². The van der Waals surface area contributed by atoms with Crippen LogP contribution in [0.15, 0.2) is 46.9 Å². The zero-order valence-corrected chi connectivity index (χ0v) is 17.3. The fourth-order valence-electron chi connectivity index (χ4n) is 2.56. The van der Waals surface area contributed by atoms with Gasteiger partial charge < -0.3 is 15.2 Å². The molecule has 3 aromatic rings. The monoisotopic (exact) mass is 415 g/mol. The molecule has 0 aliphatic carbocycles. The van der Waals surface area contributed by atoms with Crippen molar-refractivity contribution in [2.75, 3.05) is 14.1 Å². The molecule has 1 aromatic carbocycles. The molecule has 146 valence electrons. The number of nitrogens with two attached hydrogens (primary N) is 1. The second-order valence-corrected chi connectivity index (χ2v) is 8.23. The maximum atomic E-state index is 12.0. The first-order valence-corrected chi connectivity index (χ1v) is 10.5. The van der Waals surface area contributed by atoms with Gasteiger partial charge in [-0.1, -0.05) is 30.0 Å².